The third-order valence-electron chi connectivity index (χ3n) is 10.5. The van der Waals surface area contributed by atoms with Crippen molar-refractivity contribution < 1.29 is 4.79 Å². The zero-order valence-corrected chi connectivity index (χ0v) is 21.3. The van der Waals surface area contributed by atoms with Crippen molar-refractivity contribution in [2.45, 2.75) is 105 Å². The number of hydrogen-bond donors (Lipinski definition) is 2. The van der Waals surface area contributed by atoms with Crippen LogP contribution in [0, 0.1) is 46.3 Å². The van der Waals surface area contributed by atoms with Gasteiger partial charge in [-0.05, 0) is 104 Å². The van der Waals surface area contributed by atoms with E-state index in [1.165, 1.54) is 57.8 Å². The van der Waals surface area contributed by atoms with Gasteiger partial charge in [0.1, 0.15) is 0 Å². The summed E-state index contributed by atoms with van der Waals surface area (Å²) in [6, 6.07) is -0.575. The Balaban J connectivity index is 1.47. The van der Waals surface area contributed by atoms with Crippen LogP contribution in [0.25, 0.3) is 0 Å². The highest BCUT2D eigenvalue weighted by molar-refractivity contribution is 5.97. The van der Waals surface area contributed by atoms with Gasteiger partial charge in [0.25, 0.3) is 0 Å². The molecule has 3 N–H and O–H groups in total. The minimum Gasteiger partial charge on any atom is -0.350 e. The average Bonchev–Trinajstić information content (AvgIpc) is 3.09. The summed E-state index contributed by atoms with van der Waals surface area (Å²) in [6.07, 6.45) is 16.9. The average molecular weight is 442 g/mol. The lowest BCUT2D eigenvalue weighted by molar-refractivity contribution is -0.0573. The summed E-state index contributed by atoms with van der Waals surface area (Å²) >= 11 is 0. The molecule has 3 saturated carbocycles. The number of nitrogens with zero attached hydrogens (tertiary/aromatic N) is 1. The van der Waals surface area contributed by atoms with Crippen molar-refractivity contribution in [1.82, 2.24) is 5.43 Å². The van der Waals surface area contributed by atoms with Crippen molar-refractivity contribution in [3.8, 4) is 0 Å². The van der Waals surface area contributed by atoms with E-state index in [0.717, 1.165) is 54.1 Å². The van der Waals surface area contributed by atoms with Crippen molar-refractivity contribution >= 4 is 11.7 Å². The van der Waals surface area contributed by atoms with Crippen LogP contribution in [0.5, 0.6) is 0 Å². The Morgan fingerprint density at radius 3 is 2.59 bits per heavy atom. The number of urea groups is 1. The van der Waals surface area contributed by atoms with Crippen molar-refractivity contribution in [3.05, 3.63) is 11.6 Å². The van der Waals surface area contributed by atoms with E-state index in [4.69, 9.17) is 5.73 Å². The first kappa shape index (κ1) is 23.8. The second-order valence-electron chi connectivity index (χ2n) is 12.6. The summed E-state index contributed by atoms with van der Waals surface area (Å²) in [5.74, 6) is 5.27. The second-order valence-corrected chi connectivity index (χ2v) is 12.6. The van der Waals surface area contributed by atoms with Gasteiger partial charge in [-0.25, -0.2) is 10.2 Å². The molecule has 3 fully saturated rings. The molecule has 4 nitrogen and oxygen atoms in total. The molecule has 32 heavy (non-hydrogen) atoms. The highest BCUT2D eigenvalue weighted by Gasteiger charge is 2.59. The molecule has 4 aliphatic carbocycles. The van der Waals surface area contributed by atoms with Crippen molar-refractivity contribution in [1.29, 1.82) is 0 Å². The Morgan fingerprint density at radius 2 is 1.88 bits per heavy atom. The van der Waals surface area contributed by atoms with E-state index in [0.29, 0.717) is 10.8 Å². The fraction of sp³-hybridized carbons (Fsp3) is 0.857. The van der Waals surface area contributed by atoms with E-state index >= 15 is 0 Å². The molecule has 0 aromatic heterocycles. The van der Waals surface area contributed by atoms with Gasteiger partial charge >= 0.3 is 6.03 Å². The molecule has 4 aliphatic rings. The lowest BCUT2D eigenvalue weighted by atomic mass is 9.46. The molecule has 0 aromatic rings. The number of nitrogens with two attached hydrogens (primary N) is 1. The van der Waals surface area contributed by atoms with Gasteiger partial charge in [-0.3, -0.25) is 0 Å². The van der Waals surface area contributed by atoms with Crippen molar-refractivity contribution in [2.75, 3.05) is 0 Å². The topological polar surface area (TPSA) is 67.5 Å². The van der Waals surface area contributed by atoms with Crippen LogP contribution in [0.15, 0.2) is 16.8 Å². The number of carbonyl (C=O) groups excluding carboxylic acids is 1. The van der Waals surface area contributed by atoms with E-state index in [2.05, 4.69) is 51.2 Å². The summed E-state index contributed by atoms with van der Waals surface area (Å²) in [7, 11) is 0. The third-order valence-corrected chi connectivity index (χ3v) is 10.5. The smallest absolute Gasteiger partial charge is 0.332 e. The molecule has 7 atom stereocenters. The monoisotopic (exact) mass is 441 g/mol. The first-order valence-corrected chi connectivity index (χ1v) is 13.5. The van der Waals surface area contributed by atoms with E-state index in [-0.39, 0.29) is 0 Å². The maximum absolute atomic E-state index is 11.1. The minimum atomic E-state index is -0.575. The predicted octanol–water partition coefficient (Wildman–Crippen LogP) is 7.05. The number of rotatable bonds is 6. The van der Waals surface area contributed by atoms with Crippen LogP contribution < -0.4 is 11.2 Å². The van der Waals surface area contributed by atoms with Crippen molar-refractivity contribution in [2.24, 2.45) is 57.2 Å². The third kappa shape index (κ3) is 4.28. The van der Waals surface area contributed by atoms with Gasteiger partial charge in [-0.2, -0.15) is 5.10 Å². The Hall–Kier alpha value is -1.32. The normalized spacial score (nSPS) is 40.9. The maximum Gasteiger partial charge on any atom is 0.332 e. The highest BCUT2D eigenvalue weighted by Crippen LogP contribution is 2.67. The second kappa shape index (κ2) is 9.14. The fourth-order valence-electron chi connectivity index (χ4n) is 8.81. The summed E-state index contributed by atoms with van der Waals surface area (Å²) in [5, 5.41) is 4.25. The molecule has 0 spiro atoms. The summed E-state index contributed by atoms with van der Waals surface area (Å²) < 4.78 is 0. The Kier molecular flexibility index (Phi) is 6.81. The quantitative estimate of drug-likeness (QED) is 0.426. The molecule has 0 unspecified atom stereocenters. The van der Waals surface area contributed by atoms with E-state index in [9.17, 15) is 4.79 Å². The van der Waals surface area contributed by atoms with Gasteiger partial charge in [-0.1, -0.05) is 59.5 Å². The molecule has 0 aliphatic heterocycles. The van der Waals surface area contributed by atoms with Crippen LogP contribution in [0.2, 0.25) is 0 Å². The first-order valence-electron chi connectivity index (χ1n) is 13.5. The summed E-state index contributed by atoms with van der Waals surface area (Å²) in [4.78, 5) is 11.1. The van der Waals surface area contributed by atoms with Gasteiger partial charge in [0.2, 0.25) is 0 Å². The van der Waals surface area contributed by atoms with Gasteiger partial charge in [0, 0.05) is 0 Å². The minimum absolute atomic E-state index is 0.316. The lowest BCUT2D eigenvalue weighted by Crippen LogP contribution is -2.51. The zero-order valence-electron chi connectivity index (χ0n) is 21.3. The number of nitrogens with one attached hydrogen (secondary N) is 1. The molecular weight excluding hydrogens is 394 g/mol. The molecule has 180 valence electrons. The summed E-state index contributed by atoms with van der Waals surface area (Å²) in [5.41, 5.74) is 11.1. The SMILES string of the molecule is CC(C)CCC[C@H](C)[C@H]1CC[C@H]2[C@@H]3CCC4=C/C(=N\NC(N)=O)CC[C@]4(C)[C@H]3CC[C@]12C. The predicted molar refractivity (Wildman–Crippen MR) is 133 cm³/mol. The van der Waals surface area contributed by atoms with E-state index in [1.807, 2.05) is 0 Å². The van der Waals surface area contributed by atoms with Gasteiger partial charge < -0.3 is 5.73 Å². The molecule has 0 saturated heterocycles. The Labute approximate surface area is 196 Å². The molecule has 4 rings (SSSR count). The number of carbonyl (C=O) groups is 1. The van der Waals surface area contributed by atoms with Gasteiger partial charge in [-0.15, -0.1) is 0 Å². The Bertz CT molecular complexity index is 771. The Morgan fingerprint density at radius 1 is 1.09 bits per heavy atom. The standard InChI is InChI=1S/C28H47N3O/c1-18(2)7-6-8-19(3)23-11-12-24-22-10-9-20-17-21(30-31-26(29)32)13-15-27(20,4)25(22)14-16-28(23,24)5/h17-19,22-25H,6-16H2,1-5H3,(H3,29,31,32)/b30-21-/t19-,22-,23+,24-,25-,27-,28+/m0/s1. The van der Waals surface area contributed by atoms with Crippen LogP contribution in [0.4, 0.5) is 4.79 Å². The van der Waals surface area contributed by atoms with Crippen LogP contribution in [0.1, 0.15) is 105 Å². The fourth-order valence-corrected chi connectivity index (χ4v) is 8.81. The van der Waals surface area contributed by atoms with E-state index in [1.54, 1.807) is 5.57 Å². The molecule has 0 heterocycles. The molecule has 2 amide bonds. The summed E-state index contributed by atoms with van der Waals surface area (Å²) in [6.45, 7) is 12.5. The molecule has 0 radical (unpaired) electrons. The van der Waals surface area contributed by atoms with E-state index < -0.39 is 6.03 Å². The highest BCUT2D eigenvalue weighted by atomic mass is 16.2. The number of hydrazone groups is 1. The van der Waals surface area contributed by atoms with Gasteiger partial charge in [0.15, 0.2) is 0 Å². The number of amides is 2. The number of hydrogen-bond acceptors (Lipinski definition) is 2. The molecule has 4 heteroatoms. The maximum atomic E-state index is 11.1. The number of primary amides is 1. The van der Waals surface area contributed by atoms with Gasteiger partial charge in [0.05, 0.1) is 5.71 Å². The van der Waals surface area contributed by atoms with Crippen LogP contribution in [0.3, 0.4) is 0 Å². The number of allylic oxidation sites excluding steroid dienone is 2. The van der Waals surface area contributed by atoms with Crippen LogP contribution in [-0.2, 0) is 0 Å². The largest absolute Gasteiger partial charge is 0.350 e. The molecule has 0 bridgehead atoms. The lowest BCUT2D eigenvalue weighted by Gasteiger charge is -2.58. The molecule has 0 aromatic carbocycles. The molecular formula is C28H47N3O. The zero-order chi connectivity index (χ0) is 23.1. The van der Waals surface area contributed by atoms with Crippen LogP contribution in [-0.4, -0.2) is 11.7 Å². The first-order chi connectivity index (χ1) is 15.1. The van der Waals surface area contributed by atoms with Crippen LogP contribution >= 0.6 is 0 Å². The number of fused-ring (bicyclic) bond motifs is 5. The van der Waals surface area contributed by atoms with Crippen molar-refractivity contribution in [3.63, 3.8) is 0 Å².